The van der Waals surface area contributed by atoms with E-state index in [1.54, 1.807) is 6.33 Å². The summed E-state index contributed by atoms with van der Waals surface area (Å²) in [6, 6.07) is 1.06. The molecule has 1 aliphatic carbocycles. The molecule has 20 heavy (non-hydrogen) atoms. The van der Waals surface area contributed by atoms with E-state index in [2.05, 4.69) is 38.8 Å². The maximum atomic E-state index is 4.47. The quantitative estimate of drug-likeness (QED) is 0.826. The Kier molecular flexibility index (Phi) is 4.36. The van der Waals surface area contributed by atoms with Crippen LogP contribution in [0.4, 0.5) is 0 Å². The Morgan fingerprint density at radius 3 is 2.85 bits per heavy atom. The van der Waals surface area contributed by atoms with Gasteiger partial charge in [-0.1, -0.05) is 0 Å². The first kappa shape index (κ1) is 14.0. The molecule has 0 bridgehead atoms. The Bertz CT molecular complexity index is 418. The third kappa shape index (κ3) is 3.58. The minimum atomic E-state index is 0.389. The monoisotopic (exact) mass is 277 g/mol. The van der Waals surface area contributed by atoms with Crippen molar-refractivity contribution in [1.29, 1.82) is 0 Å². The normalized spacial score (nSPS) is 23.1. The molecule has 112 valence electrons. The second-order valence-electron chi connectivity index (χ2n) is 6.65. The molecule has 1 N–H and O–H groups in total. The zero-order chi connectivity index (χ0) is 13.9. The third-order valence-corrected chi connectivity index (χ3v) is 4.36. The first-order valence-electron chi connectivity index (χ1n) is 8.06. The molecule has 0 spiro atoms. The van der Waals surface area contributed by atoms with E-state index in [0.717, 1.165) is 24.8 Å². The molecule has 5 heteroatoms. The molecule has 0 amide bonds. The van der Waals surface area contributed by atoms with Crippen molar-refractivity contribution in [3.05, 3.63) is 12.2 Å². The third-order valence-electron chi connectivity index (χ3n) is 4.36. The van der Waals surface area contributed by atoms with Gasteiger partial charge < -0.3 is 5.32 Å². The van der Waals surface area contributed by atoms with Crippen LogP contribution in [-0.2, 0) is 6.54 Å². The lowest BCUT2D eigenvalue weighted by Gasteiger charge is -2.25. The Labute approximate surface area is 121 Å². The fourth-order valence-electron chi connectivity index (χ4n) is 3.11. The molecule has 2 fully saturated rings. The van der Waals surface area contributed by atoms with E-state index in [-0.39, 0.29) is 0 Å². The summed E-state index contributed by atoms with van der Waals surface area (Å²) < 4.78 is 2.06. The van der Waals surface area contributed by atoms with Crippen LogP contribution in [0.15, 0.2) is 6.33 Å². The highest BCUT2D eigenvalue weighted by Gasteiger charge is 2.27. The number of hydrogen-bond donors (Lipinski definition) is 1. The molecule has 1 aromatic heterocycles. The van der Waals surface area contributed by atoms with Gasteiger partial charge in [-0.2, -0.15) is 5.10 Å². The van der Waals surface area contributed by atoms with Crippen molar-refractivity contribution < 1.29 is 0 Å². The van der Waals surface area contributed by atoms with Crippen LogP contribution in [0, 0.1) is 5.92 Å². The van der Waals surface area contributed by atoms with Crippen LogP contribution in [0.25, 0.3) is 0 Å². The Hall–Kier alpha value is -0.940. The fraction of sp³-hybridized carbons (Fsp3) is 0.867. The zero-order valence-corrected chi connectivity index (χ0v) is 12.8. The summed E-state index contributed by atoms with van der Waals surface area (Å²) in [7, 11) is 0. The first-order chi connectivity index (χ1) is 9.72. The molecule has 0 radical (unpaired) electrons. The van der Waals surface area contributed by atoms with Crippen LogP contribution < -0.4 is 5.32 Å². The van der Waals surface area contributed by atoms with Crippen molar-refractivity contribution in [3.63, 3.8) is 0 Å². The molecule has 3 rings (SSSR count). The second-order valence-corrected chi connectivity index (χ2v) is 6.65. The van der Waals surface area contributed by atoms with Gasteiger partial charge in [0.15, 0.2) is 0 Å². The number of hydrogen-bond acceptors (Lipinski definition) is 4. The largest absolute Gasteiger partial charge is 0.313 e. The van der Waals surface area contributed by atoms with Crippen LogP contribution >= 0.6 is 0 Å². The van der Waals surface area contributed by atoms with Gasteiger partial charge in [-0.05, 0) is 52.0 Å². The summed E-state index contributed by atoms with van der Waals surface area (Å²) in [5, 5.41) is 7.97. The zero-order valence-electron chi connectivity index (χ0n) is 12.8. The van der Waals surface area contributed by atoms with Crippen LogP contribution in [0.1, 0.15) is 51.4 Å². The number of nitrogens with zero attached hydrogens (tertiary/aromatic N) is 4. The van der Waals surface area contributed by atoms with E-state index in [4.69, 9.17) is 0 Å². The van der Waals surface area contributed by atoms with Crippen molar-refractivity contribution in [1.82, 2.24) is 25.0 Å². The summed E-state index contributed by atoms with van der Waals surface area (Å²) in [6.45, 7) is 8.84. The van der Waals surface area contributed by atoms with E-state index in [0.29, 0.717) is 12.1 Å². The highest BCUT2D eigenvalue weighted by molar-refractivity contribution is 4.90. The maximum Gasteiger partial charge on any atom is 0.141 e. The molecular weight excluding hydrogens is 250 g/mol. The molecule has 1 aliphatic heterocycles. The smallest absolute Gasteiger partial charge is 0.141 e. The minimum Gasteiger partial charge on any atom is -0.313 e. The number of nitrogens with one attached hydrogen (secondary N) is 1. The highest BCUT2D eigenvalue weighted by Crippen LogP contribution is 2.30. The lowest BCUT2D eigenvalue weighted by Crippen LogP contribution is -2.38. The van der Waals surface area contributed by atoms with Gasteiger partial charge in [0.1, 0.15) is 12.2 Å². The van der Waals surface area contributed by atoms with Crippen LogP contribution in [0.3, 0.4) is 0 Å². The molecule has 0 aromatic carbocycles. The van der Waals surface area contributed by atoms with Gasteiger partial charge in [0.2, 0.25) is 0 Å². The van der Waals surface area contributed by atoms with Crippen molar-refractivity contribution in [2.75, 3.05) is 19.6 Å². The topological polar surface area (TPSA) is 46.0 Å². The molecule has 1 saturated heterocycles. The molecule has 1 unspecified atom stereocenters. The van der Waals surface area contributed by atoms with Crippen LogP contribution in [-0.4, -0.2) is 45.3 Å². The Balaban J connectivity index is 1.63. The van der Waals surface area contributed by atoms with Crippen molar-refractivity contribution in [2.45, 2.75) is 58.2 Å². The van der Waals surface area contributed by atoms with E-state index in [9.17, 15) is 0 Å². The summed E-state index contributed by atoms with van der Waals surface area (Å²) >= 11 is 0. The van der Waals surface area contributed by atoms with E-state index < -0.39 is 0 Å². The van der Waals surface area contributed by atoms with Crippen molar-refractivity contribution in [2.24, 2.45) is 5.92 Å². The van der Waals surface area contributed by atoms with Gasteiger partial charge in [-0.3, -0.25) is 4.90 Å². The number of aromatic nitrogens is 3. The predicted octanol–water partition coefficient (Wildman–Crippen LogP) is 1.82. The summed E-state index contributed by atoms with van der Waals surface area (Å²) in [5.41, 5.74) is 0. The summed E-state index contributed by atoms with van der Waals surface area (Å²) in [5.74, 6) is 2.03. The average Bonchev–Trinajstić information content (AvgIpc) is 2.91. The van der Waals surface area contributed by atoms with Crippen LogP contribution in [0.2, 0.25) is 0 Å². The summed E-state index contributed by atoms with van der Waals surface area (Å²) in [4.78, 5) is 7.06. The Morgan fingerprint density at radius 1 is 1.35 bits per heavy atom. The highest BCUT2D eigenvalue weighted by atomic mass is 15.4. The van der Waals surface area contributed by atoms with Gasteiger partial charge in [-0.15, -0.1) is 0 Å². The fourth-order valence-corrected chi connectivity index (χ4v) is 3.11. The molecule has 2 heterocycles. The van der Waals surface area contributed by atoms with Gasteiger partial charge in [-0.25, -0.2) is 9.67 Å². The predicted molar refractivity (Wildman–Crippen MR) is 79.4 cm³/mol. The van der Waals surface area contributed by atoms with Gasteiger partial charge in [0, 0.05) is 25.2 Å². The lowest BCUT2D eigenvalue weighted by molar-refractivity contribution is 0.221. The maximum absolute atomic E-state index is 4.47. The second kappa shape index (κ2) is 6.22. The van der Waals surface area contributed by atoms with Gasteiger partial charge in [0.25, 0.3) is 0 Å². The van der Waals surface area contributed by atoms with Crippen LogP contribution in [0.5, 0.6) is 0 Å². The minimum absolute atomic E-state index is 0.389. The molecule has 1 aromatic rings. The molecular formula is C15H27N5. The van der Waals surface area contributed by atoms with Gasteiger partial charge >= 0.3 is 0 Å². The van der Waals surface area contributed by atoms with E-state index in [1.807, 2.05) is 0 Å². The number of rotatable bonds is 7. The summed E-state index contributed by atoms with van der Waals surface area (Å²) in [6.07, 6.45) is 7.15. The van der Waals surface area contributed by atoms with Gasteiger partial charge in [0.05, 0.1) is 6.54 Å². The SMILES string of the molecule is CC(C)n1ncnc1CN(CC1CC1)CC1CCCN1. The van der Waals surface area contributed by atoms with E-state index in [1.165, 1.54) is 38.8 Å². The standard InChI is InChI=1S/C15H27N5/c1-12(2)20-15(17-11-18-20)10-19(8-13-5-6-13)9-14-4-3-7-16-14/h11-14,16H,3-10H2,1-2H3. The molecule has 1 atom stereocenters. The molecule has 5 nitrogen and oxygen atoms in total. The molecule has 2 aliphatic rings. The van der Waals surface area contributed by atoms with Crippen molar-refractivity contribution in [3.8, 4) is 0 Å². The van der Waals surface area contributed by atoms with Crippen molar-refractivity contribution >= 4 is 0 Å². The lowest BCUT2D eigenvalue weighted by atomic mass is 10.2. The Morgan fingerprint density at radius 2 is 2.20 bits per heavy atom. The average molecular weight is 277 g/mol. The molecule has 1 saturated carbocycles. The van der Waals surface area contributed by atoms with E-state index >= 15 is 0 Å². The first-order valence-corrected chi connectivity index (χ1v) is 8.06.